The summed E-state index contributed by atoms with van der Waals surface area (Å²) in [5.74, 6) is 1.73. The average molecular weight is 307 g/mol. The molecule has 0 aliphatic carbocycles. The molecule has 2 rings (SSSR count). The van der Waals surface area contributed by atoms with Gasteiger partial charge in [0.1, 0.15) is 18.2 Å². The highest BCUT2D eigenvalue weighted by molar-refractivity contribution is 9.10. The van der Waals surface area contributed by atoms with Gasteiger partial charge < -0.3 is 10.1 Å². The molecule has 0 bridgehead atoms. The van der Waals surface area contributed by atoms with E-state index in [1.165, 1.54) is 0 Å². The smallest absolute Gasteiger partial charge is 0.132 e. The van der Waals surface area contributed by atoms with Crippen LogP contribution in [0.15, 0.2) is 47.1 Å². The monoisotopic (exact) mass is 306 g/mol. The summed E-state index contributed by atoms with van der Waals surface area (Å²) < 4.78 is 6.76. The number of hydrogen-bond acceptors (Lipinski definition) is 3. The van der Waals surface area contributed by atoms with Crippen LogP contribution < -0.4 is 10.1 Å². The first kappa shape index (κ1) is 12.9. The Balaban J connectivity index is 2.06. The molecule has 0 aliphatic rings. The van der Waals surface area contributed by atoms with Crippen LogP contribution in [0.5, 0.6) is 5.75 Å². The zero-order valence-corrected chi connectivity index (χ0v) is 11.8. The molecule has 1 N–H and O–H groups in total. The summed E-state index contributed by atoms with van der Waals surface area (Å²) in [5, 5.41) is 3.22. The fraction of sp³-hybridized carbons (Fsp3) is 0.214. The van der Waals surface area contributed by atoms with Crippen LogP contribution in [-0.4, -0.2) is 11.5 Å². The second-order valence-electron chi connectivity index (χ2n) is 3.79. The minimum absolute atomic E-state index is 0.507. The first-order valence-corrected chi connectivity index (χ1v) is 6.65. The molecule has 0 spiro atoms. The number of pyridine rings is 1. The van der Waals surface area contributed by atoms with Crippen molar-refractivity contribution >= 4 is 21.7 Å². The second kappa shape index (κ2) is 6.40. The summed E-state index contributed by atoms with van der Waals surface area (Å²) in [7, 11) is 0. The topological polar surface area (TPSA) is 34.2 Å². The van der Waals surface area contributed by atoms with Crippen LogP contribution in [0.25, 0.3) is 0 Å². The van der Waals surface area contributed by atoms with E-state index in [-0.39, 0.29) is 0 Å². The van der Waals surface area contributed by atoms with Gasteiger partial charge in [-0.25, -0.2) is 4.98 Å². The van der Waals surface area contributed by atoms with Crippen molar-refractivity contribution in [1.82, 2.24) is 4.98 Å². The number of anilines is 1. The van der Waals surface area contributed by atoms with Crippen LogP contribution >= 0.6 is 15.9 Å². The third-order valence-corrected chi connectivity index (χ3v) is 2.92. The average Bonchev–Trinajstić information content (AvgIpc) is 2.38. The number of benzene rings is 1. The molecule has 0 saturated carbocycles. The maximum atomic E-state index is 5.75. The number of hydrogen-bond donors (Lipinski definition) is 1. The van der Waals surface area contributed by atoms with E-state index < -0.39 is 0 Å². The molecule has 0 aliphatic heterocycles. The molecule has 0 atom stereocenters. The van der Waals surface area contributed by atoms with Gasteiger partial charge in [-0.2, -0.15) is 0 Å². The van der Waals surface area contributed by atoms with Gasteiger partial charge in [0.15, 0.2) is 0 Å². The minimum Gasteiger partial charge on any atom is -0.489 e. The van der Waals surface area contributed by atoms with Crippen LogP contribution in [0, 0.1) is 0 Å². The van der Waals surface area contributed by atoms with E-state index in [1.54, 1.807) is 6.20 Å². The number of rotatable bonds is 5. The van der Waals surface area contributed by atoms with Crippen molar-refractivity contribution in [2.75, 3.05) is 11.9 Å². The molecular weight excluding hydrogens is 292 g/mol. The molecule has 18 heavy (non-hydrogen) atoms. The van der Waals surface area contributed by atoms with E-state index in [1.807, 2.05) is 43.3 Å². The Morgan fingerprint density at radius 3 is 2.94 bits per heavy atom. The Morgan fingerprint density at radius 2 is 2.17 bits per heavy atom. The molecule has 1 aromatic carbocycles. The van der Waals surface area contributed by atoms with Gasteiger partial charge in [0, 0.05) is 22.8 Å². The number of ether oxygens (including phenoxy) is 1. The predicted molar refractivity (Wildman–Crippen MR) is 76.9 cm³/mol. The highest BCUT2D eigenvalue weighted by Crippen LogP contribution is 2.20. The lowest BCUT2D eigenvalue weighted by molar-refractivity contribution is 0.306. The highest BCUT2D eigenvalue weighted by Gasteiger charge is 2.03. The van der Waals surface area contributed by atoms with E-state index in [0.29, 0.717) is 6.61 Å². The fourth-order valence-corrected chi connectivity index (χ4v) is 1.98. The summed E-state index contributed by atoms with van der Waals surface area (Å²) in [6.07, 6.45) is 1.78. The summed E-state index contributed by atoms with van der Waals surface area (Å²) in [6, 6.07) is 11.7. The first-order chi connectivity index (χ1) is 8.79. The van der Waals surface area contributed by atoms with Crippen molar-refractivity contribution in [1.29, 1.82) is 0 Å². The Morgan fingerprint density at radius 1 is 1.28 bits per heavy atom. The van der Waals surface area contributed by atoms with E-state index in [0.717, 1.165) is 28.1 Å². The molecule has 0 amide bonds. The molecule has 0 radical (unpaired) electrons. The van der Waals surface area contributed by atoms with Gasteiger partial charge in [0.05, 0.1) is 0 Å². The molecule has 0 saturated heterocycles. The Labute approximate surface area is 115 Å². The van der Waals surface area contributed by atoms with Crippen molar-refractivity contribution in [3.8, 4) is 5.75 Å². The summed E-state index contributed by atoms with van der Waals surface area (Å²) in [6.45, 7) is 3.40. The van der Waals surface area contributed by atoms with Gasteiger partial charge in [0.25, 0.3) is 0 Å². The third-order valence-electron chi connectivity index (χ3n) is 2.43. The van der Waals surface area contributed by atoms with Gasteiger partial charge in [0.2, 0.25) is 0 Å². The second-order valence-corrected chi connectivity index (χ2v) is 4.70. The van der Waals surface area contributed by atoms with Crippen molar-refractivity contribution in [3.05, 3.63) is 52.6 Å². The predicted octanol–water partition coefficient (Wildman–Crippen LogP) is 3.85. The van der Waals surface area contributed by atoms with Crippen LogP contribution in [0.2, 0.25) is 0 Å². The highest BCUT2D eigenvalue weighted by atomic mass is 79.9. The molecule has 94 valence electrons. The van der Waals surface area contributed by atoms with Gasteiger partial charge in [-0.05, 0) is 31.2 Å². The summed E-state index contributed by atoms with van der Waals surface area (Å²) in [4.78, 5) is 4.30. The standard InChI is InChI=1S/C14H15BrN2O/c1-2-16-14-11(5-4-8-17-14)10-18-13-7-3-6-12(15)9-13/h3-9H,2,10H2,1H3,(H,16,17). The van der Waals surface area contributed by atoms with Crippen molar-refractivity contribution in [2.45, 2.75) is 13.5 Å². The van der Waals surface area contributed by atoms with Gasteiger partial charge >= 0.3 is 0 Å². The molecule has 1 heterocycles. The molecule has 4 heteroatoms. The number of aromatic nitrogens is 1. The number of nitrogens with one attached hydrogen (secondary N) is 1. The van der Waals surface area contributed by atoms with Gasteiger partial charge in [-0.3, -0.25) is 0 Å². The Kier molecular flexibility index (Phi) is 4.59. The normalized spacial score (nSPS) is 10.1. The Hall–Kier alpha value is -1.55. The number of halogens is 1. The van der Waals surface area contributed by atoms with Crippen LogP contribution in [-0.2, 0) is 6.61 Å². The first-order valence-electron chi connectivity index (χ1n) is 5.85. The lowest BCUT2D eigenvalue weighted by Gasteiger charge is -2.10. The maximum Gasteiger partial charge on any atom is 0.132 e. The van der Waals surface area contributed by atoms with E-state index >= 15 is 0 Å². The minimum atomic E-state index is 0.507. The van der Waals surface area contributed by atoms with Crippen LogP contribution in [0.4, 0.5) is 5.82 Å². The third kappa shape index (κ3) is 3.47. The molecule has 3 nitrogen and oxygen atoms in total. The molecule has 1 aromatic heterocycles. The van der Waals surface area contributed by atoms with Gasteiger partial charge in [-0.15, -0.1) is 0 Å². The van der Waals surface area contributed by atoms with Crippen molar-refractivity contribution in [2.24, 2.45) is 0 Å². The van der Waals surface area contributed by atoms with Crippen LogP contribution in [0.3, 0.4) is 0 Å². The quantitative estimate of drug-likeness (QED) is 0.911. The zero-order chi connectivity index (χ0) is 12.8. The van der Waals surface area contributed by atoms with Crippen molar-refractivity contribution in [3.63, 3.8) is 0 Å². The lowest BCUT2D eigenvalue weighted by Crippen LogP contribution is -2.05. The SMILES string of the molecule is CCNc1ncccc1COc1cccc(Br)c1. The van der Waals surface area contributed by atoms with E-state index in [9.17, 15) is 0 Å². The van der Waals surface area contributed by atoms with E-state index in [4.69, 9.17) is 4.74 Å². The van der Waals surface area contributed by atoms with Gasteiger partial charge in [-0.1, -0.05) is 28.1 Å². The Bertz CT molecular complexity index is 517. The van der Waals surface area contributed by atoms with Crippen LogP contribution in [0.1, 0.15) is 12.5 Å². The summed E-state index contributed by atoms with van der Waals surface area (Å²) >= 11 is 3.42. The maximum absolute atomic E-state index is 5.75. The molecular formula is C14H15BrN2O. The summed E-state index contributed by atoms with van der Waals surface area (Å²) in [5.41, 5.74) is 1.05. The lowest BCUT2D eigenvalue weighted by atomic mass is 10.2. The fourth-order valence-electron chi connectivity index (χ4n) is 1.60. The largest absolute Gasteiger partial charge is 0.489 e. The van der Waals surface area contributed by atoms with E-state index in [2.05, 4.69) is 26.2 Å². The molecule has 0 unspecified atom stereocenters. The number of nitrogens with zero attached hydrogens (tertiary/aromatic N) is 1. The molecule has 0 fully saturated rings. The van der Waals surface area contributed by atoms with Crippen molar-refractivity contribution < 1.29 is 4.74 Å². The molecule has 2 aromatic rings. The zero-order valence-electron chi connectivity index (χ0n) is 10.2.